The lowest BCUT2D eigenvalue weighted by Gasteiger charge is -2.42. The van der Waals surface area contributed by atoms with Gasteiger partial charge in [-0.3, -0.25) is 0 Å². The number of carbonyl (C=O) groups excluding carboxylic acids is 1. The average molecular weight is 562 g/mol. The molecule has 3 aromatic rings. The van der Waals surface area contributed by atoms with Crippen molar-refractivity contribution in [3.05, 3.63) is 89.0 Å². The molecule has 2 aliphatic rings. The van der Waals surface area contributed by atoms with Crippen LogP contribution in [0.25, 0.3) is 0 Å². The molecule has 4 atom stereocenters. The van der Waals surface area contributed by atoms with E-state index in [1.54, 1.807) is 13.0 Å². The van der Waals surface area contributed by atoms with E-state index in [0.717, 1.165) is 44.9 Å². The molecule has 4 nitrogen and oxygen atoms in total. The van der Waals surface area contributed by atoms with Crippen molar-refractivity contribution in [3.63, 3.8) is 0 Å². The molecule has 0 amide bonds. The number of anilines is 1. The van der Waals surface area contributed by atoms with E-state index < -0.39 is 11.6 Å². The summed E-state index contributed by atoms with van der Waals surface area (Å²) in [5.41, 5.74) is 3.30. The Morgan fingerprint density at radius 1 is 0.854 bits per heavy atom. The van der Waals surface area contributed by atoms with Crippen LogP contribution < -0.4 is 14.8 Å². The average Bonchev–Trinajstić information content (AvgIpc) is 3.00. The molecule has 0 aliphatic heterocycles. The van der Waals surface area contributed by atoms with Gasteiger partial charge in [-0.05, 0) is 123 Å². The van der Waals surface area contributed by atoms with Crippen LogP contribution in [0.1, 0.15) is 86.2 Å². The molecule has 5 rings (SSSR count). The molecule has 0 radical (unpaired) electrons. The van der Waals surface area contributed by atoms with Crippen LogP contribution in [0, 0.1) is 29.4 Å². The number of aryl methyl sites for hydroxylation is 1. The molecule has 0 bridgehead atoms. The smallest absolute Gasteiger partial charge is 0.343 e. The first-order valence-corrected chi connectivity index (χ1v) is 15.2. The van der Waals surface area contributed by atoms with Gasteiger partial charge in [0.15, 0.2) is 11.6 Å². The van der Waals surface area contributed by atoms with E-state index in [1.807, 2.05) is 36.4 Å². The van der Waals surface area contributed by atoms with Crippen LogP contribution in [-0.2, 0) is 6.42 Å². The maximum Gasteiger partial charge on any atom is 0.343 e. The summed E-state index contributed by atoms with van der Waals surface area (Å²) in [7, 11) is 0. The van der Waals surface area contributed by atoms with Gasteiger partial charge in [-0.15, -0.1) is 0 Å². The summed E-state index contributed by atoms with van der Waals surface area (Å²) >= 11 is 0. The Morgan fingerprint density at radius 2 is 1.59 bits per heavy atom. The lowest BCUT2D eigenvalue weighted by atomic mass is 9.64. The fourth-order valence-electron chi connectivity index (χ4n) is 6.73. The predicted molar refractivity (Wildman–Crippen MR) is 159 cm³/mol. The number of hydrogen-bond acceptors (Lipinski definition) is 4. The molecule has 1 N–H and O–H groups in total. The Labute approximate surface area is 242 Å². The van der Waals surface area contributed by atoms with Gasteiger partial charge >= 0.3 is 5.97 Å². The molecule has 2 fully saturated rings. The number of halogens is 2. The van der Waals surface area contributed by atoms with Crippen molar-refractivity contribution in [2.75, 3.05) is 18.5 Å². The van der Waals surface area contributed by atoms with Crippen molar-refractivity contribution in [1.82, 2.24) is 0 Å². The highest BCUT2D eigenvalue weighted by Crippen LogP contribution is 2.47. The molecule has 218 valence electrons. The monoisotopic (exact) mass is 561 g/mol. The second-order valence-corrected chi connectivity index (χ2v) is 11.7. The number of nitrogens with one attached hydrogen (secondary N) is 1. The Balaban J connectivity index is 1.10. The van der Waals surface area contributed by atoms with E-state index >= 15 is 0 Å². The number of ether oxygens (including phenoxy) is 2. The molecule has 2 saturated carbocycles. The summed E-state index contributed by atoms with van der Waals surface area (Å²) in [5.74, 6) is 0.708. The highest BCUT2D eigenvalue weighted by molar-refractivity contribution is 5.91. The van der Waals surface area contributed by atoms with E-state index in [2.05, 4.69) is 24.4 Å². The largest absolute Gasteiger partial charge is 0.491 e. The maximum atomic E-state index is 14.5. The standard InChI is InChI=1S/C35H41F2NO3/c1-3-5-23-7-16-30(17-8-23)41-35(39)26-12-10-25(11-13-26)28-15-14-27-20-24(6-9-29(27)21-28)22-38-31-18-19-32(40-4-2)34(37)33(31)36/h7-8,10-13,16-19,24,27-29,38H,3-6,9,14-15,20-22H2,1-2H3. The highest BCUT2D eigenvalue weighted by atomic mass is 19.2. The van der Waals surface area contributed by atoms with Gasteiger partial charge in [-0.25, -0.2) is 9.18 Å². The SMILES string of the molecule is CCCc1ccc(OC(=O)c2ccc(C3CCC4CC(CNc5ccc(OCC)c(F)c5F)CCC4C3)cc2)cc1. The van der Waals surface area contributed by atoms with Gasteiger partial charge in [0.1, 0.15) is 5.75 Å². The first-order valence-electron chi connectivity index (χ1n) is 15.2. The van der Waals surface area contributed by atoms with E-state index in [4.69, 9.17) is 9.47 Å². The normalized spacial score (nSPS) is 22.0. The topological polar surface area (TPSA) is 47.6 Å². The minimum Gasteiger partial charge on any atom is -0.491 e. The maximum absolute atomic E-state index is 14.5. The van der Waals surface area contributed by atoms with Crippen molar-refractivity contribution in [1.29, 1.82) is 0 Å². The Hall–Kier alpha value is -3.41. The van der Waals surface area contributed by atoms with E-state index in [-0.39, 0.29) is 17.4 Å². The Kier molecular flexibility index (Phi) is 9.58. The molecule has 0 spiro atoms. The van der Waals surface area contributed by atoms with Gasteiger partial charge in [-0.2, -0.15) is 4.39 Å². The molecular formula is C35H41F2NO3. The number of carbonyl (C=O) groups is 1. The van der Waals surface area contributed by atoms with Gasteiger partial charge in [0, 0.05) is 6.54 Å². The number of benzene rings is 3. The first kappa shape index (κ1) is 29.1. The zero-order valence-corrected chi connectivity index (χ0v) is 24.1. The first-order chi connectivity index (χ1) is 19.9. The van der Waals surface area contributed by atoms with E-state index in [1.165, 1.54) is 23.6 Å². The quantitative estimate of drug-likeness (QED) is 0.198. The van der Waals surface area contributed by atoms with Crippen LogP contribution >= 0.6 is 0 Å². The number of fused-ring (bicyclic) bond motifs is 1. The fourth-order valence-corrected chi connectivity index (χ4v) is 6.73. The number of hydrogen-bond donors (Lipinski definition) is 1. The zero-order chi connectivity index (χ0) is 28.8. The molecule has 0 saturated heterocycles. The number of esters is 1. The predicted octanol–water partition coefficient (Wildman–Crippen LogP) is 8.95. The highest BCUT2D eigenvalue weighted by Gasteiger charge is 2.36. The van der Waals surface area contributed by atoms with Gasteiger partial charge in [0.25, 0.3) is 0 Å². The molecule has 2 aliphatic carbocycles. The summed E-state index contributed by atoms with van der Waals surface area (Å²) in [6.45, 7) is 4.84. The van der Waals surface area contributed by atoms with Gasteiger partial charge in [0.2, 0.25) is 5.82 Å². The van der Waals surface area contributed by atoms with Crippen LogP contribution in [0.2, 0.25) is 0 Å². The van der Waals surface area contributed by atoms with Crippen molar-refractivity contribution >= 4 is 11.7 Å². The van der Waals surface area contributed by atoms with Gasteiger partial charge in [-0.1, -0.05) is 37.6 Å². The third-order valence-corrected chi connectivity index (χ3v) is 8.94. The molecule has 4 unspecified atom stereocenters. The Bertz CT molecular complexity index is 1310. The van der Waals surface area contributed by atoms with Gasteiger partial charge < -0.3 is 14.8 Å². The summed E-state index contributed by atoms with van der Waals surface area (Å²) in [6.07, 6.45) is 8.95. The third-order valence-electron chi connectivity index (χ3n) is 8.94. The third kappa shape index (κ3) is 7.09. The van der Waals surface area contributed by atoms with Crippen molar-refractivity contribution < 1.29 is 23.0 Å². The second-order valence-electron chi connectivity index (χ2n) is 11.7. The van der Waals surface area contributed by atoms with Crippen molar-refractivity contribution in [3.8, 4) is 11.5 Å². The summed E-state index contributed by atoms with van der Waals surface area (Å²) in [6, 6.07) is 18.8. The zero-order valence-electron chi connectivity index (χ0n) is 24.1. The summed E-state index contributed by atoms with van der Waals surface area (Å²) in [5, 5.41) is 3.15. The minimum absolute atomic E-state index is 0.0459. The van der Waals surface area contributed by atoms with Crippen molar-refractivity contribution in [2.45, 2.75) is 71.1 Å². The van der Waals surface area contributed by atoms with Crippen molar-refractivity contribution in [2.24, 2.45) is 17.8 Å². The Morgan fingerprint density at radius 3 is 2.32 bits per heavy atom. The van der Waals surface area contributed by atoms with Crippen LogP contribution in [-0.4, -0.2) is 19.1 Å². The lowest BCUT2D eigenvalue weighted by Crippen LogP contribution is -2.32. The van der Waals surface area contributed by atoms with Crippen LogP contribution in [0.4, 0.5) is 14.5 Å². The van der Waals surface area contributed by atoms with E-state index in [0.29, 0.717) is 48.1 Å². The minimum atomic E-state index is -0.930. The molecule has 41 heavy (non-hydrogen) atoms. The van der Waals surface area contributed by atoms with Gasteiger partial charge in [0.05, 0.1) is 17.9 Å². The molecular weight excluding hydrogens is 520 g/mol. The van der Waals surface area contributed by atoms with Crippen LogP contribution in [0.15, 0.2) is 60.7 Å². The van der Waals surface area contributed by atoms with Crippen LogP contribution in [0.5, 0.6) is 11.5 Å². The fraction of sp³-hybridized carbons (Fsp3) is 0.457. The second kappa shape index (κ2) is 13.5. The molecule has 0 heterocycles. The molecule has 6 heteroatoms. The molecule has 0 aromatic heterocycles. The molecule has 3 aromatic carbocycles. The summed E-state index contributed by atoms with van der Waals surface area (Å²) in [4.78, 5) is 12.7. The van der Waals surface area contributed by atoms with Crippen LogP contribution in [0.3, 0.4) is 0 Å². The lowest BCUT2D eigenvalue weighted by molar-refractivity contribution is 0.0734. The van der Waals surface area contributed by atoms with E-state index in [9.17, 15) is 13.6 Å². The number of rotatable bonds is 10. The summed E-state index contributed by atoms with van der Waals surface area (Å²) < 4.78 is 39.4.